The van der Waals surface area contributed by atoms with E-state index in [1.165, 1.54) is 12.1 Å². The summed E-state index contributed by atoms with van der Waals surface area (Å²) < 4.78 is 37.9. The first-order valence-electron chi connectivity index (χ1n) is 4.79. The van der Waals surface area contributed by atoms with Gasteiger partial charge in [0.2, 0.25) is 0 Å². The highest BCUT2D eigenvalue weighted by Gasteiger charge is 2.38. The van der Waals surface area contributed by atoms with E-state index in [4.69, 9.17) is 0 Å². The maximum atomic E-state index is 12.6. The Kier molecular flexibility index (Phi) is 2.09. The lowest BCUT2D eigenvalue weighted by molar-refractivity contribution is 0.500. The first-order chi connectivity index (χ1) is 6.50. The second-order valence-electron chi connectivity index (χ2n) is 4.02. The molecule has 0 N–H and O–H groups in total. The molecule has 0 aromatic heterocycles. The third kappa shape index (κ3) is 1.65. The van der Waals surface area contributed by atoms with Crippen molar-refractivity contribution in [1.29, 1.82) is 0 Å². The molecule has 0 spiro atoms. The molecular weight excluding hydrogens is 188 g/mol. The first-order valence-corrected chi connectivity index (χ1v) is 4.79. The lowest BCUT2D eigenvalue weighted by atomic mass is 9.75. The van der Waals surface area contributed by atoms with E-state index in [0.717, 1.165) is 6.42 Å². The average Bonchev–Trinajstić information content (AvgIpc) is 2.81. The second-order valence-corrected chi connectivity index (χ2v) is 4.02. The molecule has 0 amide bonds. The van der Waals surface area contributed by atoms with E-state index in [1.54, 1.807) is 12.1 Å². The van der Waals surface area contributed by atoms with Crippen molar-refractivity contribution in [3.63, 3.8) is 0 Å². The molecule has 4 heteroatoms. The zero-order valence-electron chi connectivity index (χ0n) is 7.88. The van der Waals surface area contributed by atoms with E-state index in [9.17, 15) is 12.9 Å². The van der Waals surface area contributed by atoms with E-state index in [2.05, 4.69) is 0 Å². The summed E-state index contributed by atoms with van der Waals surface area (Å²) in [7, 11) is 0. The zero-order chi connectivity index (χ0) is 10.3. The topological polar surface area (TPSA) is 0 Å². The van der Waals surface area contributed by atoms with Crippen molar-refractivity contribution in [3.05, 3.63) is 29.8 Å². The molecule has 0 bridgehead atoms. The number of benzene rings is 1. The SMILES string of the molecule is C[C@@H]1C[C@H]1c1ccccc1[B-](F)(F)F. The van der Waals surface area contributed by atoms with Gasteiger partial charge in [0.05, 0.1) is 0 Å². The minimum absolute atomic E-state index is 0.134. The Balaban J connectivity index is 2.39. The zero-order valence-corrected chi connectivity index (χ0v) is 7.88. The fraction of sp³-hybridized carbons (Fsp3) is 0.400. The third-order valence-corrected chi connectivity index (χ3v) is 2.86. The molecule has 1 fully saturated rings. The summed E-state index contributed by atoms with van der Waals surface area (Å²) >= 11 is 0. The van der Waals surface area contributed by atoms with Crippen molar-refractivity contribution in [2.75, 3.05) is 0 Å². The quantitative estimate of drug-likeness (QED) is 0.642. The molecule has 0 heterocycles. The van der Waals surface area contributed by atoms with Crippen LogP contribution >= 0.6 is 0 Å². The highest BCUT2D eigenvalue weighted by atomic mass is 19.4. The Labute approximate surface area is 81.2 Å². The molecule has 2 atom stereocenters. The minimum atomic E-state index is -4.85. The Morgan fingerprint density at radius 2 is 1.79 bits per heavy atom. The van der Waals surface area contributed by atoms with Crippen LogP contribution in [0.15, 0.2) is 24.3 Å². The van der Waals surface area contributed by atoms with Gasteiger partial charge in [-0.15, -0.1) is 5.46 Å². The number of hydrogen-bond acceptors (Lipinski definition) is 0. The Morgan fingerprint density at radius 1 is 1.21 bits per heavy atom. The van der Waals surface area contributed by atoms with Gasteiger partial charge in [-0.25, -0.2) is 0 Å². The molecule has 1 aliphatic rings. The molecule has 1 aromatic carbocycles. The molecule has 1 aromatic rings. The van der Waals surface area contributed by atoms with Gasteiger partial charge >= 0.3 is 6.98 Å². The predicted molar refractivity (Wildman–Crippen MR) is 51.7 cm³/mol. The van der Waals surface area contributed by atoms with Crippen LogP contribution < -0.4 is 5.46 Å². The van der Waals surface area contributed by atoms with Crippen molar-refractivity contribution in [2.45, 2.75) is 19.3 Å². The van der Waals surface area contributed by atoms with E-state index in [1.807, 2.05) is 6.92 Å². The summed E-state index contributed by atoms with van der Waals surface area (Å²) in [6.45, 7) is -2.86. The van der Waals surface area contributed by atoms with Gasteiger partial charge in [0.25, 0.3) is 0 Å². The summed E-state index contributed by atoms with van der Waals surface area (Å²) in [4.78, 5) is 0. The van der Waals surface area contributed by atoms with Crippen molar-refractivity contribution in [1.82, 2.24) is 0 Å². The molecule has 2 rings (SSSR count). The standard InChI is InChI=1S/C10H11BF3/c1-7-6-9(7)8-4-2-3-5-10(8)11(12,13)14/h2-5,7,9H,6H2,1H3/q-1/t7-,9-/m1/s1. The predicted octanol–water partition coefficient (Wildman–Crippen LogP) is 2.86. The second kappa shape index (κ2) is 3.04. The summed E-state index contributed by atoms with van der Waals surface area (Å²) in [6, 6.07) is 5.95. The van der Waals surface area contributed by atoms with E-state index in [-0.39, 0.29) is 5.92 Å². The van der Waals surface area contributed by atoms with Gasteiger partial charge in [-0.3, -0.25) is 0 Å². The van der Waals surface area contributed by atoms with Crippen LogP contribution in [0.4, 0.5) is 12.9 Å². The third-order valence-electron chi connectivity index (χ3n) is 2.86. The van der Waals surface area contributed by atoms with E-state index >= 15 is 0 Å². The Hall–Kier alpha value is -0.925. The van der Waals surface area contributed by atoms with Crippen LogP contribution in [0.2, 0.25) is 0 Å². The fourth-order valence-electron chi connectivity index (χ4n) is 1.90. The minimum Gasteiger partial charge on any atom is -0.445 e. The number of halogens is 3. The maximum absolute atomic E-state index is 12.6. The highest BCUT2D eigenvalue weighted by Crippen LogP contribution is 2.46. The van der Waals surface area contributed by atoms with Crippen molar-refractivity contribution in [2.24, 2.45) is 5.92 Å². The van der Waals surface area contributed by atoms with E-state index in [0.29, 0.717) is 11.5 Å². The van der Waals surface area contributed by atoms with E-state index < -0.39 is 12.4 Å². The van der Waals surface area contributed by atoms with Crippen molar-refractivity contribution in [3.8, 4) is 0 Å². The maximum Gasteiger partial charge on any atom is 0.509 e. The van der Waals surface area contributed by atoms with Crippen molar-refractivity contribution >= 4 is 12.4 Å². The fourth-order valence-corrected chi connectivity index (χ4v) is 1.90. The summed E-state index contributed by atoms with van der Waals surface area (Å²) in [5.41, 5.74) is 0.0920. The molecule has 0 aliphatic heterocycles. The van der Waals surface area contributed by atoms with Crippen LogP contribution in [0.1, 0.15) is 24.8 Å². The molecular formula is C10H11BF3-. The van der Waals surface area contributed by atoms with Gasteiger partial charge in [-0.1, -0.05) is 36.8 Å². The van der Waals surface area contributed by atoms with Crippen molar-refractivity contribution < 1.29 is 12.9 Å². The highest BCUT2D eigenvalue weighted by molar-refractivity contribution is 6.74. The molecule has 14 heavy (non-hydrogen) atoms. The lowest BCUT2D eigenvalue weighted by Gasteiger charge is -2.19. The summed E-state index contributed by atoms with van der Waals surface area (Å²) in [6.07, 6.45) is 0.892. The van der Waals surface area contributed by atoms with Gasteiger partial charge in [-0.2, -0.15) is 0 Å². The molecule has 1 saturated carbocycles. The molecule has 0 nitrogen and oxygen atoms in total. The van der Waals surface area contributed by atoms with Gasteiger partial charge in [0.15, 0.2) is 0 Å². The largest absolute Gasteiger partial charge is 0.509 e. The van der Waals surface area contributed by atoms with Gasteiger partial charge in [-0.05, 0) is 18.3 Å². The Bertz CT molecular complexity index is 345. The summed E-state index contributed by atoms with van der Waals surface area (Å²) in [5, 5.41) is 0. The molecule has 1 aliphatic carbocycles. The van der Waals surface area contributed by atoms with Gasteiger partial charge < -0.3 is 12.9 Å². The van der Waals surface area contributed by atoms with Crippen LogP contribution in [0.5, 0.6) is 0 Å². The number of hydrogen-bond donors (Lipinski definition) is 0. The lowest BCUT2D eigenvalue weighted by Crippen LogP contribution is -2.36. The monoisotopic (exact) mass is 199 g/mol. The Morgan fingerprint density at radius 3 is 2.29 bits per heavy atom. The normalized spacial score (nSPS) is 26.3. The number of rotatable bonds is 2. The summed E-state index contributed by atoms with van der Waals surface area (Å²) in [5.74, 6) is 0.545. The van der Waals surface area contributed by atoms with Crippen LogP contribution in [-0.4, -0.2) is 6.98 Å². The van der Waals surface area contributed by atoms with Crippen LogP contribution in [-0.2, 0) is 0 Å². The molecule has 76 valence electrons. The van der Waals surface area contributed by atoms with Gasteiger partial charge in [0, 0.05) is 0 Å². The smallest absolute Gasteiger partial charge is 0.445 e. The molecule has 0 unspecified atom stereocenters. The molecule has 0 saturated heterocycles. The average molecular weight is 199 g/mol. The first kappa shape index (κ1) is 9.62. The molecule has 0 radical (unpaired) electrons. The van der Waals surface area contributed by atoms with Crippen LogP contribution in [0.3, 0.4) is 0 Å². The van der Waals surface area contributed by atoms with Crippen LogP contribution in [0.25, 0.3) is 0 Å². The van der Waals surface area contributed by atoms with Crippen LogP contribution in [0, 0.1) is 5.92 Å². The van der Waals surface area contributed by atoms with Gasteiger partial charge in [0.1, 0.15) is 0 Å².